The number of imidazole rings is 1. The maximum atomic E-state index is 13.2. The fourth-order valence-electron chi connectivity index (χ4n) is 2.86. The standard InChI is InChI=1S/C16H19FN4O/c1-12-5-7-20(10-15(12)21-8-6-18-11-21)16(22)19-14-4-2-3-13(17)9-14/h2-4,6,8-9,11-12,15H,5,7,10H2,1H3,(H,19,22)/t12-,15+/m1/s1. The van der Waals surface area contributed by atoms with Gasteiger partial charge in [-0.15, -0.1) is 0 Å². The first kappa shape index (κ1) is 14.6. The molecular weight excluding hydrogens is 283 g/mol. The van der Waals surface area contributed by atoms with Gasteiger partial charge in [-0.2, -0.15) is 0 Å². The van der Waals surface area contributed by atoms with Crippen molar-refractivity contribution in [2.45, 2.75) is 19.4 Å². The quantitative estimate of drug-likeness (QED) is 0.926. The van der Waals surface area contributed by atoms with Crippen molar-refractivity contribution in [3.63, 3.8) is 0 Å². The lowest BCUT2D eigenvalue weighted by Gasteiger charge is -2.37. The second-order valence-corrected chi connectivity index (χ2v) is 5.73. The molecule has 1 fully saturated rings. The Balaban J connectivity index is 1.68. The van der Waals surface area contributed by atoms with Crippen LogP contribution in [-0.4, -0.2) is 33.6 Å². The third-order valence-corrected chi connectivity index (χ3v) is 4.19. The van der Waals surface area contributed by atoms with E-state index in [0.29, 0.717) is 24.7 Å². The van der Waals surface area contributed by atoms with Crippen molar-refractivity contribution in [3.8, 4) is 0 Å². The fraction of sp³-hybridized carbons (Fsp3) is 0.375. The van der Waals surface area contributed by atoms with Crippen LogP contribution in [0.4, 0.5) is 14.9 Å². The number of urea groups is 1. The number of nitrogens with one attached hydrogen (secondary N) is 1. The molecule has 1 N–H and O–H groups in total. The molecule has 0 aliphatic carbocycles. The van der Waals surface area contributed by atoms with Crippen molar-refractivity contribution in [1.29, 1.82) is 0 Å². The van der Waals surface area contributed by atoms with Crippen LogP contribution >= 0.6 is 0 Å². The van der Waals surface area contributed by atoms with E-state index in [2.05, 4.69) is 17.2 Å². The Morgan fingerprint density at radius 2 is 2.32 bits per heavy atom. The maximum Gasteiger partial charge on any atom is 0.321 e. The lowest BCUT2D eigenvalue weighted by Crippen LogP contribution is -2.45. The third kappa shape index (κ3) is 3.10. The van der Waals surface area contributed by atoms with Gasteiger partial charge in [0.2, 0.25) is 0 Å². The average Bonchev–Trinajstić information content (AvgIpc) is 3.01. The van der Waals surface area contributed by atoms with Gasteiger partial charge in [-0.05, 0) is 30.5 Å². The zero-order valence-corrected chi connectivity index (χ0v) is 12.4. The highest BCUT2D eigenvalue weighted by atomic mass is 19.1. The minimum absolute atomic E-state index is 0.192. The van der Waals surface area contributed by atoms with Gasteiger partial charge in [0.1, 0.15) is 5.82 Å². The lowest BCUT2D eigenvalue weighted by molar-refractivity contribution is 0.149. The van der Waals surface area contributed by atoms with Crippen LogP contribution in [0.1, 0.15) is 19.4 Å². The van der Waals surface area contributed by atoms with Crippen LogP contribution in [0.15, 0.2) is 43.0 Å². The van der Waals surface area contributed by atoms with E-state index in [-0.39, 0.29) is 17.9 Å². The monoisotopic (exact) mass is 302 g/mol. The molecule has 2 aromatic rings. The molecule has 0 bridgehead atoms. The molecule has 2 heterocycles. The molecule has 2 amide bonds. The number of nitrogens with zero attached hydrogens (tertiary/aromatic N) is 3. The summed E-state index contributed by atoms with van der Waals surface area (Å²) < 4.78 is 15.2. The summed E-state index contributed by atoms with van der Waals surface area (Å²) in [6.45, 7) is 3.51. The summed E-state index contributed by atoms with van der Waals surface area (Å²) in [6, 6.07) is 5.96. The summed E-state index contributed by atoms with van der Waals surface area (Å²) in [6.07, 6.45) is 6.39. The van der Waals surface area contributed by atoms with Crippen LogP contribution in [0.5, 0.6) is 0 Å². The molecule has 2 atom stereocenters. The molecule has 0 spiro atoms. The Morgan fingerprint density at radius 1 is 1.45 bits per heavy atom. The zero-order chi connectivity index (χ0) is 15.5. The summed E-state index contributed by atoms with van der Waals surface area (Å²) in [5, 5.41) is 2.76. The van der Waals surface area contributed by atoms with Gasteiger partial charge >= 0.3 is 6.03 Å². The molecule has 1 aliphatic heterocycles. The minimum atomic E-state index is -0.360. The van der Waals surface area contributed by atoms with Gasteiger partial charge in [0.05, 0.1) is 12.4 Å². The third-order valence-electron chi connectivity index (χ3n) is 4.19. The molecule has 0 radical (unpaired) electrons. The van der Waals surface area contributed by atoms with Gasteiger partial charge in [0.15, 0.2) is 0 Å². The Hall–Kier alpha value is -2.37. The number of hydrogen-bond acceptors (Lipinski definition) is 2. The maximum absolute atomic E-state index is 13.2. The number of halogens is 1. The number of amides is 2. The zero-order valence-electron chi connectivity index (χ0n) is 12.4. The summed E-state index contributed by atoms with van der Waals surface area (Å²) >= 11 is 0. The van der Waals surface area contributed by atoms with Crippen LogP contribution < -0.4 is 5.32 Å². The van der Waals surface area contributed by atoms with E-state index >= 15 is 0 Å². The molecule has 3 rings (SSSR count). The van der Waals surface area contributed by atoms with E-state index in [1.165, 1.54) is 12.1 Å². The van der Waals surface area contributed by atoms with Crippen LogP contribution in [0.3, 0.4) is 0 Å². The number of carbonyl (C=O) groups is 1. The van der Waals surface area contributed by atoms with E-state index in [1.54, 1.807) is 29.6 Å². The number of carbonyl (C=O) groups excluding carboxylic acids is 1. The van der Waals surface area contributed by atoms with E-state index in [1.807, 2.05) is 10.8 Å². The molecule has 0 unspecified atom stereocenters. The molecule has 6 heteroatoms. The Morgan fingerprint density at radius 3 is 3.05 bits per heavy atom. The number of benzene rings is 1. The van der Waals surface area contributed by atoms with Crippen molar-refractivity contribution >= 4 is 11.7 Å². The van der Waals surface area contributed by atoms with Gasteiger partial charge in [-0.1, -0.05) is 13.0 Å². The molecule has 1 aromatic heterocycles. The smallest absolute Gasteiger partial charge is 0.321 e. The second-order valence-electron chi connectivity index (χ2n) is 5.73. The first-order valence-electron chi connectivity index (χ1n) is 7.42. The SMILES string of the molecule is C[C@@H]1CCN(C(=O)Nc2cccc(F)c2)C[C@@H]1n1ccnc1. The molecule has 1 aromatic carbocycles. The van der Waals surface area contributed by atoms with Crippen molar-refractivity contribution < 1.29 is 9.18 Å². The fourth-order valence-corrected chi connectivity index (χ4v) is 2.86. The first-order chi connectivity index (χ1) is 10.6. The Kier molecular flexibility index (Phi) is 4.09. The number of aromatic nitrogens is 2. The predicted molar refractivity (Wildman–Crippen MR) is 82.0 cm³/mol. The van der Waals surface area contributed by atoms with Crippen molar-refractivity contribution in [2.24, 2.45) is 5.92 Å². The number of likely N-dealkylation sites (tertiary alicyclic amines) is 1. The number of rotatable bonds is 2. The molecule has 0 saturated carbocycles. The minimum Gasteiger partial charge on any atom is -0.332 e. The van der Waals surface area contributed by atoms with Gasteiger partial charge in [0.25, 0.3) is 0 Å². The van der Waals surface area contributed by atoms with E-state index in [0.717, 1.165) is 6.42 Å². The average molecular weight is 302 g/mol. The molecule has 1 aliphatic rings. The molecule has 22 heavy (non-hydrogen) atoms. The topological polar surface area (TPSA) is 50.2 Å². The van der Waals surface area contributed by atoms with E-state index < -0.39 is 0 Å². The summed E-state index contributed by atoms with van der Waals surface area (Å²) in [7, 11) is 0. The second kappa shape index (κ2) is 6.17. The molecule has 1 saturated heterocycles. The van der Waals surface area contributed by atoms with Gasteiger partial charge in [-0.3, -0.25) is 0 Å². The number of piperidine rings is 1. The Bertz CT molecular complexity index is 643. The van der Waals surface area contributed by atoms with Crippen LogP contribution in [0.25, 0.3) is 0 Å². The van der Waals surface area contributed by atoms with Gasteiger partial charge in [-0.25, -0.2) is 14.2 Å². The van der Waals surface area contributed by atoms with Crippen molar-refractivity contribution in [2.75, 3.05) is 18.4 Å². The van der Waals surface area contributed by atoms with E-state index in [4.69, 9.17) is 0 Å². The molecular formula is C16H19FN4O. The Labute approximate surface area is 128 Å². The van der Waals surface area contributed by atoms with Crippen LogP contribution in [-0.2, 0) is 0 Å². The van der Waals surface area contributed by atoms with Crippen molar-refractivity contribution in [1.82, 2.24) is 14.5 Å². The highest BCUT2D eigenvalue weighted by molar-refractivity contribution is 5.89. The summed E-state index contributed by atoms with van der Waals surface area (Å²) in [4.78, 5) is 18.2. The predicted octanol–water partition coefficient (Wildman–Crippen LogP) is 3.14. The normalized spacial score (nSPS) is 21.6. The van der Waals surface area contributed by atoms with Crippen LogP contribution in [0.2, 0.25) is 0 Å². The van der Waals surface area contributed by atoms with E-state index in [9.17, 15) is 9.18 Å². The molecule has 116 valence electrons. The highest BCUT2D eigenvalue weighted by Gasteiger charge is 2.29. The summed E-state index contributed by atoms with van der Waals surface area (Å²) in [5.74, 6) is 0.119. The van der Waals surface area contributed by atoms with Gasteiger partial charge < -0.3 is 14.8 Å². The van der Waals surface area contributed by atoms with Crippen molar-refractivity contribution in [3.05, 3.63) is 48.8 Å². The number of anilines is 1. The first-order valence-corrected chi connectivity index (χ1v) is 7.42. The van der Waals surface area contributed by atoms with Gasteiger partial charge in [0, 0.05) is 31.2 Å². The number of hydrogen-bond donors (Lipinski definition) is 1. The highest BCUT2D eigenvalue weighted by Crippen LogP contribution is 2.27. The largest absolute Gasteiger partial charge is 0.332 e. The lowest BCUT2D eigenvalue weighted by atomic mass is 9.93. The van der Waals surface area contributed by atoms with Crippen LogP contribution in [0, 0.1) is 11.7 Å². The summed E-state index contributed by atoms with van der Waals surface area (Å²) in [5.41, 5.74) is 0.475. The molecule has 5 nitrogen and oxygen atoms in total.